The van der Waals surface area contributed by atoms with Crippen LogP contribution in [-0.2, 0) is 11.2 Å². The van der Waals surface area contributed by atoms with Gasteiger partial charge in [-0.3, -0.25) is 4.79 Å². The highest BCUT2D eigenvalue weighted by atomic mass is 19.1. The number of anilines is 1. The van der Waals surface area contributed by atoms with Crippen molar-refractivity contribution in [2.24, 2.45) is 0 Å². The third kappa shape index (κ3) is 3.08. The number of aryl methyl sites for hydroxylation is 1. The molecule has 4 nitrogen and oxygen atoms in total. The van der Waals surface area contributed by atoms with Gasteiger partial charge in [-0.25, -0.2) is 9.37 Å². The smallest absolute Gasteiger partial charge is 0.225 e. The molecule has 2 aromatic heterocycles. The topological polar surface area (TPSA) is 57.8 Å². The van der Waals surface area contributed by atoms with Crippen molar-refractivity contribution >= 4 is 22.6 Å². The molecule has 5 heteroatoms. The maximum absolute atomic E-state index is 12.7. The second-order valence-electron chi connectivity index (χ2n) is 4.77. The van der Waals surface area contributed by atoms with Crippen LogP contribution in [0.5, 0.6) is 0 Å². The summed E-state index contributed by atoms with van der Waals surface area (Å²) in [6, 6.07) is 10.7. The van der Waals surface area contributed by atoms with Crippen molar-refractivity contribution in [2.45, 2.75) is 12.8 Å². The normalized spacial score (nSPS) is 10.7. The number of halogens is 1. The van der Waals surface area contributed by atoms with Gasteiger partial charge in [-0.15, -0.1) is 0 Å². The largest absolute Gasteiger partial charge is 0.361 e. The van der Waals surface area contributed by atoms with E-state index in [0.29, 0.717) is 18.7 Å². The first-order chi connectivity index (χ1) is 10.2. The predicted molar refractivity (Wildman–Crippen MR) is 79.4 cm³/mol. The fourth-order valence-corrected chi connectivity index (χ4v) is 2.24. The molecule has 1 amide bonds. The summed E-state index contributed by atoms with van der Waals surface area (Å²) < 4.78 is 12.7. The second kappa shape index (κ2) is 5.75. The standard InChI is InChI=1S/C16H14FN3O/c17-12-6-7-15(19-10-12)20-16(21)8-5-11-9-18-14-4-2-1-3-13(11)14/h1-4,6-7,9-10,18H,5,8H2,(H,19,20,21). The number of nitrogens with zero attached hydrogens (tertiary/aromatic N) is 1. The molecule has 0 aliphatic rings. The zero-order valence-corrected chi connectivity index (χ0v) is 11.3. The van der Waals surface area contributed by atoms with E-state index in [0.717, 1.165) is 22.7 Å². The van der Waals surface area contributed by atoms with Gasteiger partial charge < -0.3 is 10.3 Å². The minimum atomic E-state index is -0.424. The molecule has 21 heavy (non-hydrogen) atoms. The van der Waals surface area contributed by atoms with Crippen molar-refractivity contribution in [3.63, 3.8) is 0 Å². The molecule has 0 aliphatic carbocycles. The maximum atomic E-state index is 12.7. The zero-order valence-electron chi connectivity index (χ0n) is 11.3. The SMILES string of the molecule is O=C(CCc1c[nH]c2ccccc12)Nc1ccc(F)cn1. The Labute approximate surface area is 121 Å². The highest BCUT2D eigenvalue weighted by Crippen LogP contribution is 2.19. The summed E-state index contributed by atoms with van der Waals surface area (Å²) in [6.07, 6.45) is 3.99. The van der Waals surface area contributed by atoms with Gasteiger partial charge in [0.15, 0.2) is 0 Å². The van der Waals surface area contributed by atoms with Crippen LogP contribution in [0.4, 0.5) is 10.2 Å². The molecular formula is C16H14FN3O. The van der Waals surface area contributed by atoms with Crippen molar-refractivity contribution in [3.8, 4) is 0 Å². The molecule has 0 fully saturated rings. The van der Waals surface area contributed by atoms with Gasteiger partial charge >= 0.3 is 0 Å². The number of hydrogen-bond donors (Lipinski definition) is 2. The number of pyridine rings is 1. The molecular weight excluding hydrogens is 269 g/mol. The fraction of sp³-hybridized carbons (Fsp3) is 0.125. The Morgan fingerprint density at radius 2 is 2.10 bits per heavy atom. The van der Waals surface area contributed by atoms with Gasteiger partial charge in [-0.2, -0.15) is 0 Å². The average molecular weight is 283 g/mol. The first-order valence-corrected chi connectivity index (χ1v) is 6.69. The Kier molecular flexibility index (Phi) is 3.64. The third-order valence-electron chi connectivity index (χ3n) is 3.29. The van der Waals surface area contributed by atoms with E-state index in [1.54, 1.807) is 0 Å². The first-order valence-electron chi connectivity index (χ1n) is 6.69. The molecule has 2 heterocycles. The minimum absolute atomic E-state index is 0.139. The molecule has 0 saturated carbocycles. The zero-order chi connectivity index (χ0) is 14.7. The molecule has 3 rings (SSSR count). The molecule has 0 radical (unpaired) electrons. The number of nitrogens with one attached hydrogen (secondary N) is 2. The number of aromatic nitrogens is 2. The molecule has 0 bridgehead atoms. The summed E-state index contributed by atoms with van der Waals surface area (Å²) in [5.41, 5.74) is 2.17. The average Bonchev–Trinajstić information content (AvgIpc) is 2.91. The van der Waals surface area contributed by atoms with Crippen LogP contribution in [0.3, 0.4) is 0 Å². The number of carbonyl (C=O) groups excluding carboxylic acids is 1. The Balaban J connectivity index is 1.62. The van der Waals surface area contributed by atoms with Gasteiger partial charge in [0.1, 0.15) is 11.6 Å². The van der Waals surface area contributed by atoms with Crippen molar-refractivity contribution in [3.05, 3.63) is 60.2 Å². The Hall–Kier alpha value is -2.69. The van der Waals surface area contributed by atoms with Crippen molar-refractivity contribution < 1.29 is 9.18 Å². The Morgan fingerprint density at radius 1 is 1.24 bits per heavy atom. The van der Waals surface area contributed by atoms with Gasteiger partial charge in [-0.1, -0.05) is 18.2 Å². The van der Waals surface area contributed by atoms with Crippen LogP contribution in [0.25, 0.3) is 10.9 Å². The molecule has 3 aromatic rings. The lowest BCUT2D eigenvalue weighted by atomic mass is 10.1. The van der Waals surface area contributed by atoms with Crippen LogP contribution in [-0.4, -0.2) is 15.9 Å². The number of amides is 1. The number of para-hydroxylation sites is 1. The number of aromatic amines is 1. The third-order valence-corrected chi connectivity index (χ3v) is 3.29. The van der Waals surface area contributed by atoms with Gasteiger partial charge in [0.05, 0.1) is 6.20 Å². The molecule has 106 valence electrons. The Morgan fingerprint density at radius 3 is 2.90 bits per heavy atom. The lowest BCUT2D eigenvalue weighted by molar-refractivity contribution is -0.116. The van der Waals surface area contributed by atoms with E-state index < -0.39 is 5.82 Å². The molecule has 0 spiro atoms. The van der Waals surface area contributed by atoms with Crippen molar-refractivity contribution in [2.75, 3.05) is 5.32 Å². The van der Waals surface area contributed by atoms with Gasteiger partial charge in [0, 0.05) is 23.5 Å². The summed E-state index contributed by atoms with van der Waals surface area (Å²) in [5.74, 6) is -0.202. The van der Waals surface area contributed by atoms with E-state index in [4.69, 9.17) is 0 Å². The van der Waals surface area contributed by atoms with Crippen LogP contribution in [0.1, 0.15) is 12.0 Å². The lowest BCUT2D eigenvalue weighted by Gasteiger charge is -2.04. The van der Waals surface area contributed by atoms with Gasteiger partial charge in [0.2, 0.25) is 5.91 Å². The Bertz CT molecular complexity index is 765. The molecule has 0 unspecified atom stereocenters. The van der Waals surface area contributed by atoms with E-state index in [1.807, 2.05) is 30.5 Å². The molecule has 0 saturated heterocycles. The number of H-pyrrole nitrogens is 1. The van der Waals surface area contributed by atoms with E-state index in [1.165, 1.54) is 12.1 Å². The first kappa shape index (κ1) is 13.3. The quantitative estimate of drug-likeness (QED) is 0.772. The fourth-order valence-electron chi connectivity index (χ4n) is 2.24. The van der Waals surface area contributed by atoms with Gasteiger partial charge in [-0.05, 0) is 30.2 Å². The maximum Gasteiger partial charge on any atom is 0.225 e. The lowest BCUT2D eigenvalue weighted by Crippen LogP contribution is -2.13. The van der Waals surface area contributed by atoms with Crippen LogP contribution in [0, 0.1) is 5.82 Å². The summed E-state index contributed by atoms with van der Waals surface area (Å²) >= 11 is 0. The van der Waals surface area contributed by atoms with Crippen LogP contribution in [0.15, 0.2) is 48.8 Å². The van der Waals surface area contributed by atoms with Crippen LogP contribution in [0.2, 0.25) is 0 Å². The number of benzene rings is 1. The predicted octanol–water partition coefficient (Wildman–Crippen LogP) is 3.27. The molecule has 2 N–H and O–H groups in total. The summed E-state index contributed by atoms with van der Waals surface area (Å²) in [6.45, 7) is 0. The number of carbonyl (C=O) groups is 1. The van der Waals surface area contributed by atoms with Crippen molar-refractivity contribution in [1.82, 2.24) is 9.97 Å². The monoisotopic (exact) mass is 283 g/mol. The van der Waals surface area contributed by atoms with Crippen molar-refractivity contribution in [1.29, 1.82) is 0 Å². The molecule has 0 aliphatic heterocycles. The summed E-state index contributed by atoms with van der Waals surface area (Å²) in [5, 5.41) is 3.78. The van der Waals surface area contributed by atoms with E-state index >= 15 is 0 Å². The molecule has 0 atom stereocenters. The van der Waals surface area contributed by atoms with Gasteiger partial charge in [0.25, 0.3) is 0 Å². The van der Waals surface area contributed by atoms with Crippen LogP contribution < -0.4 is 5.32 Å². The van der Waals surface area contributed by atoms with E-state index in [9.17, 15) is 9.18 Å². The van der Waals surface area contributed by atoms with E-state index in [2.05, 4.69) is 15.3 Å². The second-order valence-corrected chi connectivity index (χ2v) is 4.77. The highest BCUT2D eigenvalue weighted by molar-refractivity contribution is 5.90. The van der Waals surface area contributed by atoms with Crippen LogP contribution >= 0.6 is 0 Å². The summed E-state index contributed by atoms with van der Waals surface area (Å²) in [7, 11) is 0. The number of hydrogen-bond acceptors (Lipinski definition) is 2. The number of fused-ring (bicyclic) bond motifs is 1. The summed E-state index contributed by atoms with van der Waals surface area (Å²) in [4.78, 5) is 18.9. The number of rotatable bonds is 4. The highest BCUT2D eigenvalue weighted by Gasteiger charge is 2.07. The van der Waals surface area contributed by atoms with E-state index in [-0.39, 0.29) is 5.91 Å². The minimum Gasteiger partial charge on any atom is -0.361 e. The molecule has 1 aromatic carbocycles.